The van der Waals surface area contributed by atoms with Crippen LogP contribution in [0.5, 0.6) is 0 Å². The zero-order valence-corrected chi connectivity index (χ0v) is 21.8. The van der Waals surface area contributed by atoms with Crippen LogP contribution >= 0.6 is 24.2 Å². The van der Waals surface area contributed by atoms with Crippen LogP contribution in [-0.4, -0.2) is 47.7 Å². The number of nitrogens with one attached hydrogen (secondary N) is 1. The number of benzene rings is 3. The van der Waals surface area contributed by atoms with Gasteiger partial charge >= 0.3 is 5.97 Å². The molecule has 35 heavy (non-hydrogen) atoms. The molecule has 5 nitrogen and oxygen atoms in total. The van der Waals surface area contributed by atoms with E-state index in [0.717, 1.165) is 34.6 Å². The Bertz CT molecular complexity index is 1050. The molecule has 0 aliphatic rings. The Balaban J connectivity index is 0.00000432. The fourth-order valence-corrected chi connectivity index (χ4v) is 4.65. The third-order valence-electron chi connectivity index (χ3n) is 5.68. The number of carbonyl (C=O) groups is 1. The summed E-state index contributed by atoms with van der Waals surface area (Å²) in [6.07, 6.45) is 0.306. The number of ether oxygens (including phenoxy) is 1. The van der Waals surface area contributed by atoms with Crippen LogP contribution < -0.4 is 5.32 Å². The number of hydrogen-bond acceptors (Lipinski definition) is 5. The zero-order chi connectivity index (χ0) is 24.3. The van der Waals surface area contributed by atoms with Gasteiger partial charge in [0.1, 0.15) is 0 Å². The van der Waals surface area contributed by atoms with Crippen molar-refractivity contribution in [2.24, 2.45) is 0 Å². The molecule has 7 heteroatoms. The zero-order valence-electron chi connectivity index (χ0n) is 20.1. The summed E-state index contributed by atoms with van der Waals surface area (Å²) in [7, 11) is 0. The van der Waals surface area contributed by atoms with Crippen molar-refractivity contribution < 1.29 is 19.7 Å². The number of halogens is 1. The topological polar surface area (TPSA) is 78.8 Å². The van der Waals surface area contributed by atoms with Crippen molar-refractivity contribution in [1.29, 1.82) is 0 Å². The standard InChI is InChI=1S/C28H33NO4S.ClH/c1-3-33-17-18-34-26-19-24(13-14-25(26)28(31)32)22-11-9-21(10-12-22)15-16-29-20(2)27(30)23-7-5-4-6-8-23;/h4-14,19-20,27,29-30H,3,15-18H2,1-2H3,(H,31,32);1H/t20-,27+;/m0./s1. The summed E-state index contributed by atoms with van der Waals surface area (Å²) >= 11 is 1.51. The lowest BCUT2D eigenvalue weighted by atomic mass is 10.0. The summed E-state index contributed by atoms with van der Waals surface area (Å²) in [4.78, 5) is 12.4. The first-order valence-corrected chi connectivity index (χ1v) is 12.6. The molecule has 188 valence electrons. The van der Waals surface area contributed by atoms with Crippen molar-refractivity contribution in [1.82, 2.24) is 5.32 Å². The molecule has 0 heterocycles. The molecule has 3 N–H and O–H groups in total. The predicted molar refractivity (Wildman–Crippen MR) is 146 cm³/mol. The minimum atomic E-state index is -0.917. The van der Waals surface area contributed by atoms with Crippen molar-refractivity contribution in [3.63, 3.8) is 0 Å². The highest BCUT2D eigenvalue weighted by Gasteiger charge is 2.15. The van der Waals surface area contributed by atoms with Gasteiger partial charge in [-0.2, -0.15) is 0 Å². The summed E-state index contributed by atoms with van der Waals surface area (Å²) in [5.74, 6) is -0.208. The van der Waals surface area contributed by atoms with E-state index in [9.17, 15) is 15.0 Å². The Morgan fingerprint density at radius 2 is 1.71 bits per heavy atom. The average molecular weight is 516 g/mol. The minimum Gasteiger partial charge on any atom is -0.478 e. The number of thioether (sulfide) groups is 1. The molecule has 3 aromatic rings. The third kappa shape index (κ3) is 8.67. The molecule has 0 saturated carbocycles. The monoisotopic (exact) mass is 515 g/mol. The fraction of sp³-hybridized carbons (Fsp3) is 0.321. The fourth-order valence-electron chi connectivity index (χ4n) is 3.71. The van der Waals surface area contributed by atoms with E-state index in [4.69, 9.17) is 4.74 Å². The number of aliphatic hydroxyl groups is 1. The van der Waals surface area contributed by atoms with Crippen LogP contribution in [0.3, 0.4) is 0 Å². The highest BCUT2D eigenvalue weighted by Crippen LogP contribution is 2.29. The van der Waals surface area contributed by atoms with Gasteiger partial charge in [0.05, 0.1) is 18.3 Å². The number of rotatable bonds is 13. The number of hydrogen-bond donors (Lipinski definition) is 3. The maximum absolute atomic E-state index is 11.6. The van der Waals surface area contributed by atoms with Crippen molar-refractivity contribution in [3.05, 3.63) is 89.5 Å². The van der Waals surface area contributed by atoms with Crippen LogP contribution in [-0.2, 0) is 11.2 Å². The van der Waals surface area contributed by atoms with E-state index in [0.29, 0.717) is 24.5 Å². The number of aromatic carboxylic acids is 1. The lowest BCUT2D eigenvalue weighted by molar-refractivity contribution is 0.0693. The molecule has 0 bridgehead atoms. The van der Waals surface area contributed by atoms with E-state index >= 15 is 0 Å². The molecule has 0 spiro atoms. The highest BCUT2D eigenvalue weighted by molar-refractivity contribution is 7.99. The summed E-state index contributed by atoms with van der Waals surface area (Å²) in [6.45, 7) is 5.95. The van der Waals surface area contributed by atoms with Crippen molar-refractivity contribution in [2.75, 3.05) is 25.5 Å². The molecule has 0 aromatic heterocycles. The largest absolute Gasteiger partial charge is 0.478 e. The number of aliphatic hydroxyl groups excluding tert-OH is 1. The summed E-state index contributed by atoms with van der Waals surface area (Å²) in [6, 6.07) is 23.5. The van der Waals surface area contributed by atoms with E-state index in [-0.39, 0.29) is 18.4 Å². The molecule has 0 aliphatic heterocycles. The van der Waals surface area contributed by atoms with E-state index < -0.39 is 12.1 Å². The van der Waals surface area contributed by atoms with Crippen LogP contribution in [0.4, 0.5) is 0 Å². The van der Waals surface area contributed by atoms with Crippen LogP contribution in [0, 0.1) is 0 Å². The molecule has 3 aromatic carbocycles. The van der Waals surface area contributed by atoms with E-state index in [1.54, 1.807) is 6.07 Å². The van der Waals surface area contributed by atoms with E-state index in [1.165, 1.54) is 17.3 Å². The second-order valence-electron chi connectivity index (χ2n) is 8.11. The number of carboxylic acid groups (broad SMARTS) is 1. The van der Waals surface area contributed by atoms with Crippen molar-refractivity contribution >= 4 is 30.1 Å². The third-order valence-corrected chi connectivity index (χ3v) is 6.70. The first kappa shape index (κ1) is 28.9. The average Bonchev–Trinajstić information content (AvgIpc) is 2.87. The molecule has 0 radical (unpaired) electrons. The van der Waals surface area contributed by atoms with Gasteiger partial charge in [-0.05, 0) is 61.2 Å². The summed E-state index contributed by atoms with van der Waals surface area (Å²) < 4.78 is 5.38. The molecular formula is C28H34ClNO4S. The van der Waals surface area contributed by atoms with Gasteiger partial charge in [-0.3, -0.25) is 0 Å². The van der Waals surface area contributed by atoms with E-state index in [2.05, 4.69) is 29.6 Å². The Kier molecular flexibility index (Phi) is 12.3. The van der Waals surface area contributed by atoms with Gasteiger partial charge in [0, 0.05) is 23.3 Å². The van der Waals surface area contributed by atoms with E-state index in [1.807, 2.05) is 56.3 Å². The summed E-state index contributed by atoms with van der Waals surface area (Å²) in [5, 5.41) is 23.4. The van der Waals surface area contributed by atoms with Gasteiger partial charge in [0.2, 0.25) is 0 Å². The Morgan fingerprint density at radius 1 is 1.03 bits per heavy atom. The first-order chi connectivity index (χ1) is 16.5. The molecular weight excluding hydrogens is 482 g/mol. The van der Waals surface area contributed by atoms with Crippen LogP contribution in [0.15, 0.2) is 77.7 Å². The SMILES string of the molecule is CCOCCSc1cc(-c2ccc(CCN[C@@H](C)[C@@H](O)c3ccccc3)cc2)ccc1C(=O)O.Cl. The van der Waals surface area contributed by atoms with Crippen molar-refractivity contribution in [2.45, 2.75) is 37.3 Å². The molecule has 0 aliphatic carbocycles. The molecule has 0 amide bonds. The van der Waals surface area contributed by atoms with Crippen LogP contribution in [0.2, 0.25) is 0 Å². The maximum atomic E-state index is 11.6. The Labute approximate surface area is 218 Å². The van der Waals surface area contributed by atoms with Crippen LogP contribution in [0.25, 0.3) is 11.1 Å². The molecule has 3 rings (SSSR count). The quantitative estimate of drug-likeness (QED) is 0.195. The van der Waals surface area contributed by atoms with Gasteiger partial charge in [-0.25, -0.2) is 4.79 Å². The van der Waals surface area contributed by atoms with Gasteiger partial charge in [0.15, 0.2) is 0 Å². The minimum absolute atomic E-state index is 0. The van der Waals surface area contributed by atoms with Gasteiger partial charge < -0.3 is 20.3 Å². The number of carboxylic acids is 1. The second kappa shape index (κ2) is 14.9. The molecule has 0 fully saturated rings. The molecule has 2 atom stereocenters. The van der Waals surface area contributed by atoms with Gasteiger partial charge in [-0.15, -0.1) is 24.2 Å². The lowest BCUT2D eigenvalue weighted by Crippen LogP contribution is -2.33. The van der Waals surface area contributed by atoms with Gasteiger partial charge in [-0.1, -0.05) is 60.7 Å². The predicted octanol–water partition coefficient (Wildman–Crippen LogP) is 5.86. The molecule has 0 saturated heterocycles. The Morgan fingerprint density at radius 3 is 2.37 bits per heavy atom. The molecule has 0 unspecified atom stereocenters. The summed E-state index contributed by atoms with van der Waals surface area (Å²) in [5.41, 5.74) is 4.48. The van der Waals surface area contributed by atoms with Gasteiger partial charge in [0.25, 0.3) is 0 Å². The van der Waals surface area contributed by atoms with Crippen molar-refractivity contribution in [3.8, 4) is 11.1 Å². The van der Waals surface area contributed by atoms with Crippen LogP contribution in [0.1, 0.15) is 41.4 Å². The maximum Gasteiger partial charge on any atom is 0.336 e. The lowest BCUT2D eigenvalue weighted by Gasteiger charge is -2.20. The second-order valence-corrected chi connectivity index (χ2v) is 9.24. The Hall–Kier alpha value is -2.35. The normalized spacial score (nSPS) is 12.5. The first-order valence-electron chi connectivity index (χ1n) is 11.6. The highest BCUT2D eigenvalue weighted by atomic mass is 35.5. The smallest absolute Gasteiger partial charge is 0.336 e.